The average Bonchev–Trinajstić information content (AvgIpc) is 3.02. The van der Waals surface area contributed by atoms with Gasteiger partial charge in [-0.15, -0.1) is 0 Å². The Hall–Kier alpha value is -2.38. The average molecular weight is 357 g/mol. The van der Waals surface area contributed by atoms with Crippen LogP contribution in [-0.2, 0) is 4.79 Å². The molecule has 0 spiro atoms. The van der Waals surface area contributed by atoms with Crippen molar-refractivity contribution in [1.82, 2.24) is 15.3 Å². The molecule has 0 saturated carbocycles. The van der Waals surface area contributed by atoms with E-state index >= 15 is 0 Å². The third-order valence-electron chi connectivity index (χ3n) is 3.18. The van der Waals surface area contributed by atoms with Crippen LogP contribution < -0.4 is 11.2 Å². The highest BCUT2D eigenvalue weighted by Crippen LogP contribution is 2.39. The van der Waals surface area contributed by atoms with E-state index in [1.54, 1.807) is 6.92 Å². The summed E-state index contributed by atoms with van der Waals surface area (Å²) in [5, 5.41) is 10.6. The van der Waals surface area contributed by atoms with Gasteiger partial charge < -0.3 is 10.7 Å². The van der Waals surface area contributed by atoms with Gasteiger partial charge in [-0.1, -0.05) is 18.3 Å². The maximum atomic E-state index is 12.6. The first kappa shape index (κ1) is 18.0. The Balaban J connectivity index is 2.02. The predicted octanol–water partition coefficient (Wildman–Crippen LogP) is 1.90. The summed E-state index contributed by atoms with van der Waals surface area (Å²) < 4.78 is 37.7. The number of carbonyl (C=O) groups excluding carboxylic acids is 1. The Morgan fingerprint density at radius 1 is 1.62 bits per heavy atom. The lowest BCUT2D eigenvalue weighted by molar-refractivity contribution is -0.149. The summed E-state index contributed by atoms with van der Waals surface area (Å²) in [5.41, 5.74) is 8.14. The minimum atomic E-state index is -4.41. The van der Waals surface area contributed by atoms with E-state index in [9.17, 15) is 18.0 Å². The molecule has 6 nitrogen and oxygen atoms in total. The lowest BCUT2D eigenvalue weighted by Gasteiger charge is -2.21. The molecule has 0 saturated heterocycles. The Morgan fingerprint density at radius 2 is 2.29 bits per heavy atom. The van der Waals surface area contributed by atoms with Gasteiger partial charge in [0.15, 0.2) is 0 Å². The largest absolute Gasteiger partial charge is 0.409 e. The fourth-order valence-electron chi connectivity index (χ4n) is 2.12. The first-order valence-corrected chi connectivity index (χ1v) is 7.51. The molecule has 24 heavy (non-hydrogen) atoms. The first-order valence-electron chi connectivity index (χ1n) is 6.69. The number of rotatable bonds is 3. The van der Waals surface area contributed by atoms with E-state index in [2.05, 4.69) is 12.0 Å². The van der Waals surface area contributed by atoms with Crippen molar-refractivity contribution in [3.8, 4) is 6.07 Å². The molecule has 0 aromatic carbocycles. The van der Waals surface area contributed by atoms with Crippen molar-refractivity contribution in [2.45, 2.75) is 19.1 Å². The van der Waals surface area contributed by atoms with Crippen molar-refractivity contribution >= 4 is 17.7 Å². The zero-order valence-corrected chi connectivity index (χ0v) is 13.4. The molecule has 2 aliphatic rings. The lowest BCUT2D eigenvalue weighted by atomic mass is 10.3. The molecule has 0 aromatic heterocycles. The third kappa shape index (κ3) is 3.74. The van der Waals surface area contributed by atoms with Crippen molar-refractivity contribution < 1.29 is 18.0 Å². The van der Waals surface area contributed by atoms with E-state index in [1.165, 1.54) is 18.0 Å². The Labute approximate surface area is 140 Å². The van der Waals surface area contributed by atoms with Crippen molar-refractivity contribution in [2.75, 3.05) is 6.54 Å². The molecule has 2 aliphatic heterocycles. The van der Waals surface area contributed by atoms with E-state index in [0.29, 0.717) is 9.93 Å². The van der Waals surface area contributed by atoms with Gasteiger partial charge in [0, 0.05) is 22.9 Å². The molecule has 3 N–H and O–H groups in total. The second kappa shape index (κ2) is 6.62. The molecule has 0 radical (unpaired) electrons. The number of alkyl halides is 3. The SMILES string of the molecule is C=C1SC(C)=C(C#N)N1C(=O)/C=C(\N)CN1C=C[C@H](C(F)(F)F)N1. The summed E-state index contributed by atoms with van der Waals surface area (Å²) in [7, 11) is 0. The Bertz CT molecular complexity index is 704. The number of thioether (sulfide) groups is 1. The van der Waals surface area contributed by atoms with Gasteiger partial charge >= 0.3 is 6.18 Å². The van der Waals surface area contributed by atoms with Gasteiger partial charge in [-0.25, -0.2) is 5.43 Å². The highest BCUT2D eigenvalue weighted by molar-refractivity contribution is 8.06. The number of nitriles is 1. The second-order valence-corrected chi connectivity index (χ2v) is 6.31. The topological polar surface area (TPSA) is 85.4 Å². The summed E-state index contributed by atoms with van der Waals surface area (Å²) in [4.78, 5) is 14.0. The quantitative estimate of drug-likeness (QED) is 0.751. The molecule has 0 fully saturated rings. The van der Waals surface area contributed by atoms with Crippen LogP contribution in [0, 0.1) is 11.3 Å². The van der Waals surface area contributed by atoms with Crippen LogP contribution in [-0.4, -0.2) is 34.6 Å². The molecule has 0 aliphatic carbocycles. The zero-order chi connectivity index (χ0) is 18.1. The Kier molecular flexibility index (Phi) is 4.96. The summed E-state index contributed by atoms with van der Waals surface area (Å²) in [6, 6.07) is 0.132. The van der Waals surface area contributed by atoms with Gasteiger partial charge in [0.25, 0.3) is 5.91 Å². The molecule has 0 unspecified atom stereocenters. The molecule has 1 amide bonds. The van der Waals surface area contributed by atoms with Crippen molar-refractivity contribution in [2.24, 2.45) is 5.73 Å². The van der Waals surface area contributed by atoms with Crippen LogP contribution in [0.3, 0.4) is 0 Å². The number of amides is 1. The van der Waals surface area contributed by atoms with Crippen LogP contribution in [0.25, 0.3) is 0 Å². The maximum Gasteiger partial charge on any atom is 0.409 e. The van der Waals surface area contributed by atoms with Crippen LogP contribution in [0.5, 0.6) is 0 Å². The smallest absolute Gasteiger partial charge is 0.400 e. The van der Waals surface area contributed by atoms with Crippen LogP contribution in [0.15, 0.2) is 46.3 Å². The fourth-order valence-corrected chi connectivity index (χ4v) is 2.98. The van der Waals surface area contributed by atoms with Gasteiger partial charge in [-0.2, -0.15) is 18.4 Å². The molecule has 128 valence electrons. The molecule has 0 bridgehead atoms. The molecular weight excluding hydrogens is 343 g/mol. The van der Waals surface area contributed by atoms with E-state index in [4.69, 9.17) is 11.0 Å². The number of halogens is 3. The van der Waals surface area contributed by atoms with E-state index in [-0.39, 0.29) is 17.9 Å². The predicted molar refractivity (Wildman–Crippen MR) is 83.0 cm³/mol. The fraction of sp³-hybridized carbons (Fsp3) is 0.286. The zero-order valence-electron chi connectivity index (χ0n) is 12.6. The number of hydrazine groups is 1. The number of hydrogen-bond acceptors (Lipinski definition) is 6. The van der Waals surface area contributed by atoms with Gasteiger partial charge in [-0.05, 0) is 13.0 Å². The molecule has 0 aromatic rings. The minimum Gasteiger partial charge on any atom is -0.400 e. The van der Waals surface area contributed by atoms with Gasteiger partial charge in [0.2, 0.25) is 0 Å². The van der Waals surface area contributed by atoms with Crippen molar-refractivity contribution in [3.63, 3.8) is 0 Å². The second-order valence-electron chi connectivity index (χ2n) is 5.02. The van der Waals surface area contributed by atoms with Crippen LogP contribution in [0.1, 0.15) is 6.92 Å². The molecular formula is C14H14F3N5OS. The van der Waals surface area contributed by atoms with Crippen molar-refractivity contribution in [1.29, 1.82) is 5.26 Å². The number of nitrogens with two attached hydrogens (primary N) is 1. The number of nitrogens with one attached hydrogen (secondary N) is 1. The standard InChI is InChI=1S/C14H14F3N5OS/c1-8-11(6-18)22(9(2)24-8)13(23)5-10(19)7-21-4-3-12(20-21)14(15,16)17/h3-5,12,20H,2,7,19H2,1H3/b10-5-/t12-/m1/s1. The summed E-state index contributed by atoms with van der Waals surface area (Å²) >= 11 is 1.19. The third-order valence-corrected chi connectivity index (χ3v) is 4.10. The highest BCUT2D eigenvalue weighted by atomic mass is 32.2. The number of nitrogens with zero attached hydrogens (tertiary/aromatic N) is 3. The van der Waals surface area contributed by atoms with Crippen LogP contribution in [0.2, 0.25) is 0 Å². The van der Waals surface area contributed by atoms with Crippen LogP contribution >= 0.6 is 11.8 Å². The first-order chi connectivity index (χ1) is 11.1. The number of allylic oxidation sites excluding steroid dienone is 2. The summed E-state index contributed by atoms with van der Waals surface area (Å²) in [5.74, 6) is -0.575. The van der Waals surface area contributed by atoms with Gasteiger partial charge in [0.05, 0.1) is 11.6 Å². The molecule has 10 heteroatoms. The van der Waals surface area contributed by atoms with Gasteiger partial charge in [0.1, 0.15) is 17.8 Å². The summed E-state index contributed by atoms with van der Waals surface area (Å²) in [6.45, 7) is 5.27. The molecule has 2 rings (SSSR count). The molecule has 2 heterocycles. The van der Waals surface area contributed by atoms with Gasteiger partial charge in [-0.3, -0.25) is 9.69 Å². The Morgan fingerprint density at radius 3 is 2.83 bits per heavy atom. The minimum absolute atomic E-state index is 0.0413. The monoisotopic (exact) mass is 357 g/mol. The summed E-state index contributed by atoms with van der Waals surface area (Å²) in [6.07, 6.45) is -1.18. The van der Waals surface area contributed by atoms with E-state index in [1.807, 2.05) is 6.07 Å². The van der Waals surface area contributed by atoms with Crippen molar-refractivity contribution in [3.05, 3.63) is 46.3 Å². The van der Waals surface area contributed by atoms with E-state index in [0.717, 1.165) is 22.1 Å². The maximum absolute atomic E-state index is 12.6. The lowest BCUT2D eigenvalue weighted by Crippen LogP contribution is -2.45. The highest BCUT2D eigenvalue weighted by Gasteiger charge is 2.40. The van der Waals surface area contributed by atoms with E-state index < -0.39 is 18.1 Å². The normalized spacial score (nSPS) is 21.7. The molecule has 1 atom stereocenters. The number of carbonyl (C=O) groups is 1. The number of hydrogen-bond donors (Lipinski definition) is 2. The van der Waals surface area contributed by atoms with Crippen LogP contribution in [0.4, 0.5) is 13.2 Å².